The van der Waals surface area contributed by atoms with Gasteiger partial charge in [0.25, 0.3) is 0 Å². The summed E-state index contributed by atoms with van der Waals surface area (Å²) in [5, 5.41) is 101. The highest BCUT2D eigenvalue weighted by molar-refractivity contribution is 5.88. The Bertz CT molecular complexity index is 1540. The van der Waals surface area contributed by atoms with Crippen molar-refractivity contribution in [2.45, 2.75) is 75.8 Å². The van der Waals surface area contributed by atoms with E-state index in [1.807, 2.05) is 0 Å². The van der Waals surface area contributed by atoms with Gasteiger partial charge in [0.1, 0.15) is 65.2 Å². The van der Waals surface area contributed by atoms with E-state index in [4.69, 9.17) is 23.4 Å². The Morgan fingerprint density at radius 1 is 0.750 bits per heavy atom. The SMILES string of the molecule is C.C[C@@H]1O[C@@H](OC[C@H]2O[C@@H](Oc3c(-c4ccc(O)c(O)c4)oc4cc(O)cc(O)c4c3=O)[C@H](O)[C@@H](O)[C@@H]2O)[C@H](O)[C@H](O)[C@H]1O. The highest BCUT2D eigenvalue weighted by Gasteiger charge is 2.47. The minimum Gasteiger partial charge on any atom is -0.508 e. The zero-order valence-corrected chi connectivity index (χ0v) is 22.3. The molecule has 2 saturated heterocycles. The molecular formula is C28H34O16. The predicted octanol–water partition coefficient (Wildman–Crippen LogP) is -1.05. The zero-order chi connectivity index (χ0) is 31.3. The van der Waals surface area contributed by atoms with Gasteiger partial charge in [-0.25, -0.2) is 0 Å². The topological polar surface area (TPSA) is 269 Å². The lowest BCUT2D eigenvalue weighted by Crippen LogP contribution is -2.61. The highest BCUT2D eigenvalue weighted by Crippen LogP contribution is 2.39. The summed E-state index contributed by atoms with van der Waals surface area (Å²) in [5.41, 5.74) is -1.35. The van der Waals surface area contributed by atoms with Crippen molar-refractivity contribution in [3.8, 4) is 40.1 Å². The molecule has 242 valence electrons. The van der Waals surface area contributed by atoms with Crippen LogP contribution in [-0.4, -0.2) is 119 Å². The maximum Gasteiger partial charge on any atom is 0.239 e. The van der Waals surface area contributed by atoms with Crippen molar-refractivity contribution in [2.24, 2.45) is 0 Å². The van der Waals surface area contributed by atoms with Crippen LogP contribution in [0, 0.1) is 0 Å². The summed E-state index contributed by atoms with van der Waals surface area (Å²) in [5.74, 6) is -3.33. The van der Waals surface area contributed by atoms with Crippen LogP contribution in [-0.2, 0) is 14.2 Å². The van der Waals surface area contributed by atoms with Crippen LogP contribution in [0.15, 0.2) is 39.5 Å². The number of rotatable bonds is 6. The molecule has 5 rings (SSSR count). The number of aromatic hydroxyl groups is 4. The fourth-order valence-corrected chi connectivity index (χ4v) is 4.84. The summed E-state index contributed by atoms with van der Waals surface area (Å²) in [6, 6.07) is 5.24. The van der Waals surface area contributed by atoms with Crippen molar-refractivity contribution in [2.75, 3.05) is 6.61 Å². The van der Waals surface area contributed by atoms with Crippen LogP contribution in [0.5, 0.6) is 28.7 Å². The number of fused-ring (bicyclic) bond motifs is 1. The van der Waals surface area contributed by atoms with Crippen LogP contribution < -0.4 is 10.2 Å². The molecular weight excluding hydrogens is 592 g/mol. The van der Waals surface area contributed by atoms with E-state index in [9.17, 15) is 55.9 Å². The first kappa shape index (κ1) is 33.2. The molecule has 2 aliphatic heterocycles. The highest BCUT2D eigenvalue weighted by atomic mass is 16.7. The minimum absolute atomic E-state index is 0. The van der Waals surface area contributed by atoms with E-state index in [2.05, 4.69) is 0 Å². The number of hydrogen-bond donors (Lipinski definition) is 10. The molecule has 3 heterocycles. The molecule has 3 aromatic rings. The van der Waals surface area contributed by atoms with Crippen molar-refractivity contribution in [3.05, 3.63) is 40.6 Å². The molecule has 2 aromatic carbocycles. The third-order valence-electron chi connectivity index (χ3n) is 7.29. The first-order chi connectivity index (χ1) is 20.3. The maximum atomic E-state index is 13.6. The maximum absolute atomic E-state index is 13.6. The Morgan fingerprint density at radius 2 is 1.41 bits per heavy atom. The Labute approximate surface area is 248 Å². The second kappa shape index (κ2) is 12.7. The van der Waals surface area contributed by atoms with Gasteiger partial charge >= 0.3 is 0 Å². The third-order valence-corrected chi connectivity index (χ3v) is 7.29. The second-order valence-corrected chi connectivity index (χ2v) is 10.3. The zero-order valence-electron chi connectivity index (χ0n) is 22.3. The number of aliphatic hydroxyl groups is 6. The Kier molecular flexibility index (Phi) is 9.60. The van der Waals surface area contributed by atoms with E-state index < -0.39 is 113 Å². The molecule has 16 nitrogen and oxygen atoms in total. The molecule has 0 aliphatic carbocycles. The van der Waals surface area contributed by atoms with Crippen LogP contribution in [0.4, 0.5) is 0 Å². The lowest BCUT2D eigenvalue weighted by molar-refractivity contribution is -0.318. The van der Waals surface area contributed by atoms with Crippen molar-refractivity contribution in [1.82, 2.24) is 0 Å². The fraction of sp³-hybridized carbons (Fsp3) is 0.464. The molecule has 0 spiro atoms. The number of phenols is 4. The summed E-state index contributed by atoms with van der Waals surface area (Å²) < 4.78 is 27.8. The molecule has 0 radical (unpaired) electrons. The first-order valence-electron chi connectivity index (χ1n) is 13.0. The summed E-state index contributed by atoms with van der Waals surface area (Å²) in [7, 11) is 0. The van der Waals surface area contributed by atoms with Crippen molar-refractivity contribution >= 4 is 11.0 Å². The number of aliphatic hydroxyl groups excluding tert-OH is 6. The van der Waals surface area contributed by atoms with Gasteiger partial charge in [-0.3, -0.25) is 4.79 Å². The minimum atomic E-state index is -1.97. The standard InChI is InChI=1S/C27H30O16.CH4/c1-8-17(32)20(35)22(37)26(40-8)39-7-15-18(33)21(36)23(38)27(42-15)43-25-19(34)16-13(31)5-10(28)6-14(16)41-24(25)9-2-3-11(29)12(30)4-9;/h2-6,8,15,17-18,20-23,26-33,35-38H,7H2,1H3;1H4/t8-,15+,17-,18+,20+,21-,22+,23+,26+,27-;/m0./s1. The van der Waals surface area contributed by atoms with E-state index in [1.165, 1.54) is 13.0 Å². The number of hydrogen-bond acceptors (Lipinski definition) is 16. The molecule has 1 aromatic heterocycles. The Hall–Kier alpha value is -3.71. The normalized spacial score (nSPS) is 32.2. The molecule has 16 heteroatoms. The van der Waals surface area contributed by atoms with E-state index in [0.717, 1.165) is 24.3 Å². The quantitative estimate of drug-likeness (QED) is 0.146. The van der Waals surface area contributed by atoms with E-state index in [1.54, 1.807) is 0 Å². The fourth-order valence-electron chi connectivity index (χ4n) is 4.84. The van der Waals surface area contributed by atoms with E-state index in [-0.39, 0.29) is 18.6 Å². The number of phenolic OH excluding ortho intramolecular Hbond substituents is 4. The van der Waals surface area contributed by atoms with E-state index in [0.29, 0.717) is 0 Å². The molecule has 0 amide bonds. The second-order valence-electron chi connectivity index (χ2n) is 10.3. The molecule has 10 atom stereocenters. The summed E-state index contributed by atoms with van der Waals surface area (Å²) in [6.45, 7) is 0.818. The lowest BCUT2D eigenvalue weighted by Gasteiger charge is -2.42. The van der Waals surface area contributed by atoms with Gasteiger partial charge in [-0.15, -0.1) is 0 Å². The third kappa shape index (κ3) is 5.99. The Balaban J connectivity index is 0.00000442. The predicted molar refractivity (Wildman–Crippen MR) is 147 cm³/mol. The average molecular weight is 627 g/mol. The van der Waals surface area contributed by atoms with Gasteiger partial charge in [-0.1, -0.05) is 7.43 Å². The van der Waals surface area contributed by atoms with Gasteiger partial charge < -0.3 is 74.4 Å². The largest absolute Gasteiger partial charge is 0.508 e. The smallest absolute Gasteiger partial charge is 0.239 e. The number of ether oxygens (including phenoxy) is 4. The van der Waals surface area contributed by atoms with Crippen LogP contribution in [0.25, 0.3) is 22.3 Å². The number of benzene rings is 2. The molecule has 0 bridgehead atoms. The molecule has 10 N–H and O–H groups in total. The van der Waals surface area contributed by atoms with Crippen LogP contribution in [0.2, 0.25) is 0 Å². The van der Waals surface area contributed by atoms with Crippen molar-refractivity contribution in [3.63, 3.8) is 0 Å². The Morgan fingerprint density at radius 3 is 2.09 bits per heavy atom. The summed E-state index contributed by atoms with van der Waals surface area (Å²) in [4.78, 5) is 13.6. The van der Waals surface area contributed by atoms with Crippen molar-refractivity contribution in [1.29, 1.82) is 0 Å². The molecule has 0 unspecified atom stereocenters. The lowest BCUT2D eigenvalue weighted by atomic mass is 9.98. The van der Waals surface area contributed by atoms with Gasteiger partial charge in [0.05, 0.1) is 12.7 Å². The van der Waals surface area contributed by atoms with Crippen molar-refractivity contribution < 1.29 is 74.4 Å². The first-order valence-corrected chi connectivity index (χ1v) is 13.0. The molecule has 2 fully saturated rings. The van der Waals surface area contributed by atoms with Crippen LogP contribution in [0.1, 0.15) is 14.4 Å². The monoisotopic (exact) mass is 626 g/mol. The summed E-state index contributed by atoms with van der Waals surface area (Å²) >= 11 is 0. The van der Waals surface area contributed by atoms with E-state index >= 15 is 0 Å². The van der Waals surface area contributed by atoms with Gasteiger partial charge in [0.15, 0.2) is 23.5 Å². The van der Waals surface area contributed by atoms with Crippen LogP contribution in [0.3, 0.4) is 0 Å². The average Bonchev–Trinajstić information content (AvgIpc) is 2.96. The molecule has 0 saturated carbocycles. The molecule has 44 heavy (non-hydrogen) atoms. The summed E-state index contributed by atoms with van der Waals surface area (Å²) in [6.07, 6.45) is -16.2. The molecule has 2 aliphatic rings. The van der Waals surface area contributed by atoms with Gasteiger partial charge in [0, 0.05) is 17.7 Å². The van der Waals surface area contributed by atoms with Crippen LogP contribution >= 0.6 is 0 Å². The van der Waals surface area contributed by atoms with Gasteiger partial charge in [-0.2, -0.15) is 0 Å². The van der Waals surface area contributed by atoms with Gasteiger partial charge in [0.2, 0.25) is 17.5 Å². The van der Waals surface area contributed by atoms with Gasteiger partial charge in [-0.05, 0) is 25.1 Å².